The van der Waals surface area contributed by atoms with Crippen molar-refractivity contribution >= 4 is 27.3 Å². The van der Waals surface area contributed by atoms with Crippen LogP contribution in [0.1, 0.15) is 6.92 Å². The molecular formula is C12H14BrFN2O4. The molecular weight excluding hydrogens is 335 g/mol. The molecule has 1 aromatic rings. The van der Waals surface area contributed by atoms with E-state index in [-0.39, 0.29) is 22.9 Å². The number of nitro groups is 1. The minimum Gasteiger partial charge on any atom is -0.394 e. The van der Waals surface area contributed by atoms with Crippen molar-refractivity contribution in [1.29, 1.82) is 0 Å². The van der Waals surface area contributed by atoms with E-state index in [2.05, 4.69) is 15.9 Å². The smallest absolute Gasteiger partial charge is 0.295 e. The molecule has 1 fully saturated rings. The first-order valence-corrected chi connectivity index (χ1v) is 6.86. The van der Waals surface area contributed by atoms with Crippen LogP contribution >= 0.6 is 15.9 Å². The lowest BCUT2D eigenvalue weighted by Crippen LogP contribution is -2.48. The van der Waals surface area contributed by atoms with Crippen molar-refractivity contribution < 1.29 is 19.2 Å². The van der Waals surface area contributed by atoms with Crippen molar-refractivity contribution in [1.82, 2.24) is 0 Å². The fraction of sp³-hybridized carbons (Fsp3) is 0.500. The highest BCUT2D eigenvalue weighted by Crippen LogP contribution is 2.34. The van der Waals surface area contributed by atoms with Crippen LogP contribution in [0.2, 0.25) is 0 Å². The van der Waals surface area contributed by atoms with Gasteiger partial charge in [-0.05, 0) is 28.9 Å². The van der Waals surface area contributed by atoms with Crippen LogP contribution in [0.5, 0.6) is 0 Å². The second-order valence-electron chi connectivity index (χ2n) is 4.67. The summed E-state index contributed by atoms with van der Waals surface area (Å²) >= 11 is 3.04. The molecule has 110 valence electrons. The van der Waals surface area contributed by atoms with Crippen molar-refractivity contribution in [3.63, 3.8) is 0 Å². The van der Waals surface area contributed by atoms with Crippen LogP contribution in [-0.4, -0.2) is 41.9 Å². The quantitative estimate of drug-likeness (QED) is 0.668. The Morgan fingerprint density at radius 2 is 2.30 bits per heavy atom. The highest BCUT2D eigenvalue weighted by molar-refractivity contribution is 9.10. The van der Waals surface area contributed by atoms with Gasteiger partial charge in [-0.2, -0.15) is 0 Å². The Bertz CT molecular complexity index is 528. The van der Waals surface area contributed by atoms with Gasteiger partial charge in [0.1, 0.15) is 11.5 Å². The normalized spacial score (nSPS) is 22.9. The van der Waals surface area contributed by atoms with Gasteiger partial charge in [-0.3, -0.25) is 10.1 Å². The summed E-state index contributed by atoms with van der Waals surface area (Å²) in [6, 6.07) is 2.29. The number of nitrogens with zero attached hydrogens (tertiary/aromatic N) is 2. The maximum absolute atomic E-state index is 13.5. The van der Waals surface area contributed by atoms with Crippen LogP contribution in [0.4, 0.5) is 15.8 Å². The Morgan fingerprint density at radius 3 is 2.90 bits per heavy atom. The van der Waals surface area contributed by atoms with Gasteiger partial charge in [0.2, 0.25) is 0 Å². The molecule has 2 unspecified atom stereocenters. The van der Waals surface area contributed by atoms with E-state index in [0.29, 0.717) is 18.8 Å². The largest absolute Gasteiger partial charge is 0.394 e. The van der Waals surface area contributed by atoms with E-state index < -0.39 is 16.8 Å². The van der Waals surface area contributed by atoms with E-state index in [9.17, 15) is 19.6 Å². The minimum atomic E-state index is -0.680. The summed E-state index contributed by atoms with van der Waals surface area (Å²) in [5, 5.41) is 20.3. The minimum absolute atomic E-state index is 0.165. The topological polar surface area (TPSA) is 75.8 Å². The Balaban J connectivity index is 2.40. The molecule has 20 heavy (non-hydrogen) atoms. The average molecular weight is 349 g/mol. The molecule has 1 heterocycles. The first kappa shape index (κ1) is 15.1. The van der Waals surface area contributed by atoms with Crippen molar-refractivity contribution in [2.45, 2.75) is 19.1 Å². The molecule has 1 aliphatic rings. The number of aliphatic hydroxyl groups is 1. The van der Waals surface area contributed by atoms with Gasteiger partial charge in [0.05, 0.1) is 34.3 Å². The molecule has 0 radical (unpaired) electrons. The lowest BCUT2D eigenvalue weighted by molar-refractivity contribution is -0.384. The Morgan fingerprint density at radius 1 is 1.60 bits per heavy atom. The number of halogens is 2. The fourth-order valence-corrected chi connectivity index (χ4v) is 2.60. The molecule has 1 aromatic carbocycles. The summed E-state index contributed by atoms with van der Waals surface area (Å²) in [4.78, 5) is 12.2. The summed E-state index contributed by atoms with van der Waals surface area (Å²) in [6.07, 6.45) is -0.591. The van der Waals surface area contributed by atoms with E-state index in [1.807, 2.05) is 6.92 Å². The van der Waals surface area contributed by atoms with Crippen molar-refractivity contribution in [2.75, 3.05) is 24.6 Å². The van der Waals surface area contributed by atoms with Crippen LogP contribution < -0.4 is 4.90 Å². The van der Waals surface area contributed by atoms with Gasteiger partial charge in [-0.1, -0.05) is 0 Å². The molecule has 8 heteroatoms. The zero-order valence-electron chi connectivity index (χ0n) is 10.8. The van der Waals surface area contributed by atoms with E-state index in [0.717, 1.165) is 6.07 Å². The standard InChI is InChI=1S/C12H14BrFN2O4/c1-7-4-15(5-8(6-17)20-7)11-2-9(13)10(14)3-12(11)16(18)19/h2-3,7-8,17H,4-6H2,1H3. The van der Waals surface area contributed by atoms with Crippen LogP contribution in [0.3, 0.4) is 0 Å². The highest BCUT2D eigenvalue weighted by atomic mass is 79.9. The third kappa shape index (κ3) is 3.08. The van der Waals surface area contributed by atoms with E-state index in [1.54, 1.807) is 4.90 Å². The van der Waals surface area contributed by atoms with Gasteiger partial charge in [0.15, 0.2) is 0 Å². The third-order valence-electron chi connectivity index (χ3n) is 3.08. The molecule has 0 spiro atoms. The number of benzene rings is 1. The lowest BCUT2D eigenvalue weighted by atomic mass is 10.1. The first-order valence-electron chi connectivity index (χ1n) is 6.07. The number of hydrogen-bond donors (Lipinski definition) is 1. The number of ether oxygens (including phenoxy) is 1. The van der Waals surface area contributed by atoms with Gasteiger partial charge < -0.3 is 14.7 Å². The third-order valence-corrected chi connectivity index (χ3v) is 3.69. The molecule has 0 aliphatic carbocycles. The van der Waals surface area contributed by atoms with E-state index in [4.69, 9.17) is 4.74 Å². The number of anilines is 1. The molecule has 2 atom stereocenters. The summed E-state index contributed by atoms with van der Waals surface area (Å²) in [5.74, 6) is -0.680. The molecule has 0 bridgehead atoms. The van der Waals surface area contributed by atoms with Gasteiger partial charge in [-0.15, -0.1) is 0 Å². The first-order chi connectivity index (χ1) is 9.42. The molecule has 1 saturated heterocycles. The second-order valence-corrected chi connectivity index (χ2v) is 5.52. The monoisotopic (exact) mass is 348 g/mol. The highest BCUT2D eigenvalue weighted by Gasteiger charge is 2.30. The average Bonchev–Trinajstić information content (AvgIpc) is 2.40. The molecule has 1 aliphatic heterocycles. The summed E-state index contributed by atoms with van der Waals surface area (Å²) in [5.41, 5.74) is 0.0216. The maximum Gasteiger partial charge on any atom is 0.295 e. The molecule has 2 rings (SSSR count). The molecule has 0 aromatic heterocycles. The van der Waals surface area contributed by atoms with Gasteiger partial charge in [0.25, 0.3) is 5.69 Å². The Hall–Kier alpha value is -1.25. The number of morpholine rings is 1. The van der Waals surface area contributed by atoms with Crippen LogP contribution in [0.25, 0.3) is 0 Å². The van der Waals surface area contributed by atoms with Crippen molar-refractivity contribution in [3.8, 4) is 0 Å². The van der Waals surface area contributed by atoms with Crippen LogP contribution in [0.15, 0.2) is 16.6 Å². The summed E-state index contributed by atoms with van der Waals surface area (Å²) < 4.78 is 19.1. The number of nitro benzene ring substituents is 1. The second kappa shape index (κ2) is 6.02. The fourth-order valence-electron chi connectivity index (χ4n) is 2.27. The molecule has 0 saturated carbocycles. The lowest BCUT2D eigenvalue weighted by Gasteiger charge is -2.37. The van der Waals surface area contributed by atoms with Crippen LogP contribution in [0, 0.1) is 15.9 Å². The summed E-state index contributed by atoms with van der Waals surface area (Å²) in [7, 11) is 0. The van der Waals surface area contributed by atoms with E-state index in [1.165, 1.54) is 6.07 Å². The van der Waals surface area contributed by atoms with Gasteiger partial charge in [-0.25, -0.2) is 4.39 Å². The SMILES string of the molecule is CC1CN(c2cc(Br)c(F)cc2[N+](=O)[O-])CC(CO)O1. The zero-order chi connectivity index (χ0) is 14.9. The van der Waals surface area contributed by atoms with Crippen molar-refractivity contribution in [2.24, 2.45) is 0 Å². The molecule has 0 amide bonds. The van der Waals surface area contributed by atoms with Crippen molar-refractivity contribution in [3.05, 3.63) is 32.5 Å². The number of rotatable bonds is 3. The van der Waals surface area contributed by atoms with Crippen LogP contribution in [-0.2, 0) is 4.74 Å². The van der Waals surface area contributed by atoms with Gasteiger partial charge >= 0.3 is 0 Å². The predicted octanol–water partition coefficient (Wildman–Crippen LogP) is 2.08. The molecule has 6 nitrogen and oxygen atoms in total. The Labute approximate surface area is 123 Å². The number of hydrogen-bond acceptors (Lipinski definition) is 5. The summed E-state index contributed by atoms with van der Waals surface area (Å²) in [6.45, 7) is 2.41. The molecule has 1 N–H and O–H groups in total. The number of aliphatic hydroxyl groups excluding tert-OH is 1. The zero-order valence-corrected chi connectivity index (χ0v) is 12.3. The van der Waals surface area contributed by atoms with E-state index >= 15 is 0 Å². The predicted molar refractivity (Wildman–Crippen MR) is 74.4 cm³/mol. The Kier molecular flexibility index (Phi) is 4.56. The van der Waals surface area contributed by atoms with Gasteiger partial charge in [0, 0.05) is 13.1 Å². The maximum atomic E-state index is 13.5.